The van der Waals surface area contributed by atoms with Crippen LogP contribution in [0.2, 0.25) is 5.02 Å². The van der Waals surface area contributed by atoms with E-state index in [1.165, 1.54) is 0 Å². The molecule has 1 aliphatic rings. The molecule has 1 N–H and O–H groups in total. The Balaban J connectivity index is 1.44. The summed E-state index contributed by atoms with van der Waals surface area (Å²) in [6.45, 7) is 3.19. The van der Waals surface area contributed by atoms with Crippen molar-refractivity contribution in [2.75, 3.05) is 25.1 Å². The number of anilines is 1. The molecule has 1 fully saturated rings. The molecule has 2 aromatic rings. The quantitative estimate of drug-likeness (QED) is 0.787. The summed E-state index contributed by atoms with van der Waals surface area (Å²) in [5.41, 5.74) is 1.60. The normalized spacial score (nSPS) is 16.3. The summed E-state index contributed by atoms with van der Waals surface area (Å²) >= 11 is 5.97. The average Bonchev–Trinajstić information content (AvgIpc) is 3.16. The second kappa shape index (κ2) is 8.92. The van der Waals surface area contributed by atoms with Crippen LogP contribution in [0.15, 0.2) is 42.5 Å². The van der Waals surface area contributed by atoms with Crippen molar-refractivity contribution >= 4 is 23.2 Å². The number of hydrogen-bond donors (Lipinski definition) is 1. The lowest BCUT2D eigenvalue weighted by Gasteiger charge is -2.12. The van der Waals surface area contributed by atoms with Crippen molar-refractivity contribution in [1.29, 1.82) is 0 Å². The monoisotopic (exact) mass is 375 g/mol. The molecule has 6 heteroatoms. The van der Waals surface area contributed by atoms with E-state index in [1.807, 2.05) is 19.1 Å². The molecular weight excluding hydrogens is 354 g/mol. The summed E-state index contributed by atoms with van der Waals surface area (Å²) in [6, 6.07) is 12.5. The Hall–Kier alpha value is -2.24. The van der Waals surface area contributed by atoms with Crippen LogP contribution in [-0.4, -0.2) is 31.8 Å². The smallest absolute Gasteiger partial charge is 0.262 e. The number of hydrogen-bond acceptors (Lipinski definition) is 4. The third kappa shape index (κ3) is 5.38. The number of ether oxygens (including phenoxy) is 3. The van der Waals surface area contributed by atoms with Gasteiger partial charge in [0.25, 0.3) is 5.91 Å². The summed E-state index contributed by atoms with van der Waals surface area (Å²) < 4.78 is 16.7. The minimum absolute atomic E-state index is 0.0711. The van der Waals surface area contributed by atoms with Gasteiger partial charge >= 0.3 is 0 Å². The highest BCUT2D eigenvalue weighted by atomic mass is 35.5. The first kappa shape index (κ1) is 18.5. The third-order valence-corrected chi connectivity index (χ3v) is 4.52. The second-order valence-corrected chi connectivity index (χ2v) is 6.63. The molecule has 0 aliphatic carbocycles. The van der Waals surface area contributed by atoms with E-state index in [1.54, 1.807) is 30.3 Å². The van der Waals surface area contributed by atoms with E-state index in [2.05, 4.69) is 5.32 Å². The molecule has 2 aromatic carbocycles. The molecule has 1 amide bonds. The Morgan fingerprint density at radius 3 is 2.65 bits per heavy atom. The van der Waals surface area contributed by atoms with Gasteiger partial charge in [-0.1, -0.05) is 11.6 Å². The van der Waals surface area contributed by atoms with Crippen molar-refractivity contribution in [2.24, 2.45) is 0 Å². The summed E-state index contributed by atoms with van der Waals surface area (Å²) in [5.74, 6) is 1.14. The Morgan fingerprint density at radius 1 is 1.19 bits per heavy atom. The molecule has 5 nitrogen and oxygen atoms in total. The van der Waals surface area contributed by atoms with Crippen molar-refractivity contribution in [3.63, 3.8) is 0 Å². The fraction of sp³-hybridized carbons (Fsp3) is 0.350. The van der Waals surface area contributed by atoms with Crippen molar-refractivity contribution < 1.29 is 19.0 Å². The molecular formula is C20H22ClNO4. The van der Waals surface area contributed by atoms with Gasteiger partial charge in [0.2, 0.25) is 0 Å². The molecule has 0 saturated carbocycles. The predicted octanol–water partition coefficient (Wildman–Crippen LogP) is 4.22. The van der Waals surface area contributed by atoms with E-state index in [0.29, 0.717) is 23.1 Å². The van der Waals surface area contributed by atoms with Gasteiger partial charge in [-0.2, -0.15) is 0 Å². The molecule has 1 aliphatic heterocycles. The number of amides is 1. The van der Waals surface area contributed by atoms with E-state index in [9.17, 15) is 4.79 Å². The Labute approximate surface area is 158 Å². The van der Waals surface area contributed by atoms with E-state index >= 15 is 0 Å². The van der Waals surface area contributed by atoms with Crippen molar-refractivity contribution in [1.82, 2.24) is 0 Å². The van der Waals surface area contributed by atoms with Crippen LogP contribution in [0.1, 0.15) is 18.4 Å². The fourth-order valence-electron chi connectivity index (χ4n) is 2.65. The summed E-state index contributed by atoms with van der Waals surface area (Å²) in [6.07, 6.45) is 2.32. The maximum Gasteiger partial charge on any atom is 0.262 e. The topological polar surface area (TPSA) is 56.8 Å². The van der Waals surface area contributed by atoms with Crippen LogP contribution in [0.25, 0.3) is 0 Å². The van der Waals surface area contributed by atoms with E-state index in [-0.39, 0.29) is 18.6 Å². The number of halogens is 1. The van der Waals surface area contributed by atoms with Crippen molar-refractivity contribution in [2.45, 2.75) is 25.9 Å². The van der Waals surface area contributed by atoms with Gasteiger partial charge in [-0.15, -0.1) is 0 Å². The van der Waals surface area contributed by atoms with Crippen molar-refractivity contribution in [3.8, 4) is 11.5 Å². The highest BCUT2D eigenvalue weighted by molar-refractivity contribution is 6.31. The standard InChI is InChI=1S/C20H22ClNO4/c1-14-11-17(8-9-19(14)21)26-13-20(23)22-15-4-6-16(7-5-15)25-12-18-3-2-10-24-18/h4-9,11,18H,2-3,10,12-13H2,1H3,(H,22,23)/t18-/m0/s1. The lowest BCUT2D eigenvalue weighted by molar-refractivity contribution is -0.118. The van der Waals surface area contributed by atoms with Gasteiger partial charge in [0, 0.05) is 17.3 Å². The second-order valence-electron chi connectivity index (χ2n) is 6.22. The molecule has 0 spiro atoms. The van der Waals surface area contributed by atoms with E-state index in [0.717, 1.165) is 30.8 Å². The summed E-state index contributed by atoms with van der Waals surface area (Å²) in [4.78, 5) is 12.0. The number of nitrogens with one attached hydrogen (secondary N) is 1. The van der Waals surface area contributed by atoms with Crippen LogP contribution in [0.3, 0.4) is 0 Å². The first-order chi connectivity index (χ1) is 12.6. The number of aryl methyl sites for hydroxylation is 1. The highest BCUT2D eigenvalue weighted by Crippen LogP contribution is 2.21. The van der Waals surface area contributed by atoms with Gasteiger partial charge in [-0.25, -0.2) is 0 Å². The molecule has 0 radical (unpaired) electrons. The van der Waals surface area contributed by atoms with Crippen LogP contribution in [-0.2, 0) is 9.53 Å². The number of carbonyl (C=O) groups excluding carboxylic acids is 1. The molecule has 1 saturated heterocycles. The number of benzene rings is 2. The highest BCUT2D eigenvalue weighted by Gasteiger charge is 2.15. The first-order valence-electron chi connectivity index (χ1n) is 8.63. The van der Waals surface area contributed by atoms with Crippen molar-refractivity contribution in [3.05, 3.63) is 53.1 Å². The van der Waals surface area contributed by atoms with Crippen LogP contribution in [0.5, 0.6) is 11.5 Å². The zero-order chi connectivity index (χ0) is 18.4. The van der Waals surface area contributed by atoms with Gasteiger partial charge in [-0.3, -0.25) is 4.79 Å². The van der Waals surface area contributed by atoms with Crippen LogP contribution in [0.4, 0.5) is 5.69 Å². The van der Waals surface area contributed by atoms with Gasteiger partial charge in [-0.05, 0) is 67.8 Å². The summed E-state index contributed by atoms with van der Waals surface area (Å²) in [7, 11) is 0. The average molecular weight is 376 g/mol. The molecule has 3 rings (SSSR count). The Morgan fingerprint density at radius 2 is 1.96 bits per heavy atom. The third-order valence-electron chi connectivity index (χ3n) is 4.10. The van der Waals surface area contributed by atoms with Gasteiger partial charge in [0.15, 0.2) is 6.61 Å². The Bertz CT molecular complexity index is 742. The largest absolute Gasteiger partial charge is 0.491 e. The maximum atomic E-state index is 12.0. The minimum atomic E-state index is -0.231. The zero-order valence-electron chi connectivity index (χ0n) is 14.7. The fourth-order valence-corrected chi connectivity index (χ4v) is 2.77. The van der Waals surface area contributed by atoms with Crippen LogP contribution >= 0.6 is 11.6 Å². The molecule has 138 valence electrons. The van der Waals surface area contributed by atoms with E-state index in [4.69, 9.17) is 25.8 Å². The zero-order valence-corrected chi connectivity index (χ0v) is 15.4. The molecule has 0 bridgehead atoms. The first-order valence-corrected chi connectivity index (χ1v) is 9.01. The molecule has 0 unspecified atom stereocenters. The van der Waals surface area contributed by atoms with Gasteiger partial charge < -0.3 is 19.5 Å². The molecule has 26 heavy (non-hydrogen) atoms. The number of carbonyl (C=O) groups is 1. The minimum Gasteiger partial charge on any atom is -0.491 e. The molecule has 1 heterocycles. The van der Waals surface area contributed by atoms with E-state index < -0.39 is 0 Å². The maximum absolute atomic E-state index is 12.0. The SMILES string of the molecule is Cc1cc(OCC(=O)Nc2ccc(OC[C@@H]3CCCO3)cc2)ccc1Cl. The van der Waals surface area contributed by atoms with Gasteiger partial charge in [0.05, 0.1) is 6.10 Å². The van der Waals surface area contributed by atoms with Gasteiger partial charge in [0.1, 0.15) is 18.1 Å². The molecule has 0 aromatic heterocycles. The summed E-state index contributed by atoms with van der Waals surface area (Å²) in [5, 5.41) is 3.46. The predicted molar refractivity (Wildman–Crippen MR) is 101 cm³/mol. The van der Waals surface area contributed by atoms with Crippen LogP contribution in [0, 0.1) is 6.92 Å². The van der Waals surface area contributed by atoms with Crippen LogP contribution < -0.4 is 14.8 Å². The Kier molecular flexibility index (Phi) is 6.36. The molecule has 1 atom stereocenters. The lowest BCUT2D eigenvalue weighted by atomic mass is 10.2. The lowest BCUT2D eigenvalue weighted by Crippen LogP contribution is -2.20. The number of rotatable bonds is 7.